The maximum atomic E-state index is 9.63. The molecule has 62 valence electrons. The Kier molecular flexibility index (Phi) is 11.9. The molecular weight excluding hydrogens is 352 g/mol. The predicted molar refractivity (Wildman–Crippen MR) is 25.2 cm³/mol. The monoisotopic (exact) mass is 356 g/mol. The van der Waals surface area contributed by atoms with E-state index in [9.17, 15) is 9.13 Å². The van der Waals surface area contributed by atoms with Crippen LogP contribution in [-0.4, -0.2) is 19.6 Å². The SMILES string of the molecule is O=P(O)(O)OP(=O)(O)O.[Y].[Y]. The third-order valence-corrected chi connectivity index (χ3v) is 1.91. The molecular formula is H4O7P2Y2. The van der Waals surface area contributed by atoms with Crippen molar-refractivity contribution >= 4 is 15.6 Å². The minimum absolute atomic E-state index is 0. The number of phosphoric acid groups is 2. The first-order valence-electron chi connectivity index (χ1n) is 1.53. The molecule has 7 nitrogen and oxygen atoms in total. The fraction of sp³-hybridized carbons (Fsp3) is 0. The second-order valence-electron chi connectivity index (χ2n) is 1.06. The summed E-state index contributed by atoms with van der Waals surface area (Å²) in [7, 11) is -10.1. The van der Waals surface area contributed by atoms with E-state index in [2.05, 4.69) is 4.31 Å². The van der Waals surface area contributed by atoms with Gasteiger partial charge >= 0.3 is 15.6 Å². The van der Waals surface area contributed by atoms with Crippen LogP contribution in [-0.2, 0) is 78.9 Å². The van der Waals surface area contributed by atoms with Crippen molar-refractivity contribution in [2.75, 3.05) is 0 Å². The third kappa shape index (κ3) is 19.1. The summed E-state index contributed by atoms with van der Waals surface area (Å²) in [4.78, 5) is 31.0. The Morgan fingerprint density at radius 2 is 1.00 bits per heavy atom. The number of hydrogen-bond donors (Lipinski definition) is 4. The summed E-state index contributed by atoms with van der Waals surface area (Å²) >= 11 is 0. The molecule has 0 aromatic carbocycles. The zero-order valence-corrected chi connectivity index (χ0v) is 12.5. The molecule has 0 bridgehead atoms. The van der Waals surface area contributed by atoms with Gasteiger partial charge in [-0.2, -0.15) is 4.31 Å². The topological polar surface area (TPSA) is 124 Å². The molecule has 0 fully saturated rings. The smallest absolute Gasteiger partial charge is 0.302 e. The van der Waals surface area contributed by atoms with Gasteiger partial charge in [0.15, 0.2) is 0 Å². The van der Waals surface area contributed by atoms with E-state index in [4.69, 9.17) is 19.6 Å². The molecule has 0 amide bonds. The molecule has 0 heterocycles. The first kappa shape index (κ1) is 19.1. The van der Waals surface area contributed by atoms with E-state index < -0.39 is 15.6 Å². The van der Waals surface area contributed by atoms with E-state index in [-0.39, 0.29) is 65.4 Å². The van der Waals surface area contributed by atoms with Gasteiger partial charge in [-0.25, -0.2) is 9.13 Å². The van der Waals surface area contributed by atoms with Crippen LogP contribution in [0.25, 0.3) is 0 Å². The van der Waals surface area contributed by atoms with Crippen molar-refractivity contribution in [3.63, 3.8) is 0 Å². The Morgan fingerprint density at radius 3 is 1.00 bits per heavy atom. The van der Waals surface area contributed by atoms with Crippen molar-refractivity contribution in [1.29, 1.82) is 0 Å². The van der Waals surface area contributed by atoms with Gasteiger partial charge in [0.1, 0.15) is 0 Å². The average Bonchev–Trinajstić information content (AvgIpc) is 1.14. The maximum absolute atomic E-state index is 9.63. The molecule has 0 atom stereocenters. The van der Waals surface area contributed by atoms with Gasteiger partial charge in [0.05, 0.1) is 0 Å². The molecule has 0 spiro atoms. The standard InChI is InChI=1S/H4O7P2.2Y/c1-8(2,3)7-9(4,5)6;;/h(H2,1,2,3)(H2,4,5,6);;. The summed E-state index contributed by atoms with van der Waals surface area (Å²) in [5.74, 6) is 0. The zero-order valence-electron chi connectivity index (χ0n) is 5.06. The second kappa shape index (κ2) is 6.85. The van der Waals surface area contributed by atoms with E-state index in [1.165, 1.54) is 0 Å². The molecule has 0 aromatic heterocycles. The van der Waals surface area contributed by atoms with Gasteiger partial charge in [0, 0.05) is 65.4 Å². The van der Waals surface area contributed by atoms with Crippen molar-refractivity contribution in [2.45, 2.75) is 0 Å². The van der Waals surface area contributed by atoms with Crippen LogP contribution in [0.1, 0.15) is 0 Å². The maximum Gasteiger partial charge on any atom is 0.478 e. The van der Waals surface area contributed by atoms with Crippen LogP contribution in [0.2, 0.25) is 0 Å². The fourth-order valence-electron chi connectivity index (χ4n) is 0.139. The summed E-state index contributed by atoms with van der Waals surface area (Å²) in [6.07, 6.45) is 0. The van der Waals surface area contributed by atoms with Crippen LogP contribution in [0.4, 0.5) is 0 Å². The summed E-state index contributed by atoms with van der Waals surface area (Å²) < 4.78 is 22.2. The van der Waals surface area contributed by atoms with Crippen molar-refractivity contribution < 1.29 is 98.4 Å². The van der Waals surface area contributed by atoms with E-state index in [0.717, 1.165) is 0 Å². The van der Waals surface area contributed by atoms with Crippen molar-refractivity contribution in [1.82, 2.24) is 0 Å². The van der Waals surface area contributed by atoms with Gasteiger partial charge in [-0.3, -0.25) is 0 Å². The second-order valence-corrected chi connectivity index (χ2v) is 3.68. The molecule has 0 unspecified atom stereocenters. The molecule has 11 heteroatoms. The van der Waals surface area contributed by atoms with Crippen LogP contribution in [0.5, 0.6) is 0 Å². The predicted octanol–water partition coefficient (Wildman–Crippen LogP) is -0.817. The van der Waals surface area contributed by atoms with Crippen LogP contribution in [0, 0.1) is 0 Å². The first-order valence-corrected chi connectivity index (χ1v) is 4.59. The van der Waals surface area contributed by atoms with Crippen LogP contribution in [0.3, 0.4) is 0 Å². The molecule has 0 aromatic rings. The van der Waals surface area contributed by atoms with Gasteiger partial charge in [-0.1, -0.05) is 0 Å². The van der Waals surface area contributed by atoms with E-state index in [0.29, 0.717) is 0 Å². The summed E-state index contributed by atoms with van der Waals surface area (Å²) in [6.45, 7) is 0. The molecule has 0 saturated carbocycles. The summed E-state index contributed by atoms with van der Waals surface area (Å²) in [5, 5.41) is 0. The Bertz CT molecular complexity index is 155. The Morgan fingerprint density at radius 1 is 0.818 bits per heavy atom. The Labute approximate surface area is 113 Å². The molecule has 0 aliphatic carbocycles. The number of hydrogen-bond acceptors (Lipinski definition) is 3. The van der Waals surface area contributed by atoms with E-state index in [1.807, 2.05) is 0 Å². The van der Waals surface area contributed by atoms with Gasteiger partial charge in [0.25, 0.3) is 0 Å². The minimum Gasteiger partial charge on any atom is -0.302 e. The molecule has 0 aliphatic rings. The van der Waals surface area contributed by atoms with Crippen molar-refractivity contribution in [3.8, 4) is 0 Å². The molecule has 0 rings (SSSR count). The molecule has 0 aliphatic heterocycles. The summed E-state index contributed by atoms with van der Waals surface area (Å²) in [5.41, 5.74) is 0. The normalized spacial score (nSPS) is 11.3. The van der Waals surface area contributed by atoms with Crippen molar-refractivity contribution in [3.05, 3.63) is 0 Å². The molecule has 2 radical (unpaired) electrons. The first-order chi connectivity index (χ1) is 3.71. The summed E-state index contributed by atoms with van der Waals surface area (Å²) in [6, 6.07) is 0. The van der Waals surface area contributed by atoms with Crippen LogP contribution >= 0.6 is 15.6 Å². The van der Waals surface area contributed by atoms with Gasteiger partial charge in [-0.15, -0.1) is 0 Å². The zero-order chi connectivity index (χ0) is 7.71. The Balaban J connectivity index is -0.000000320. The quantitative estimate of drug-likeness (QED) is 0.477. The minimum atomic E-state index is -5.05. The van der Waals surface area contributed by atoms with Gasteiger partial charge in [-0.05, 0) is 0 Å². The molecule has 0 saturated heterocycles. The van der Waals surface area contributed by atoms with Crippen LogP contribution < -0.4 is 0 Å². The van der Waals surface area contributed by atoms with Crippen molar-refractivity contribution in [2.24, 2.45) is 0 Å². The van der Waals surface area contributed by atoms with E-state index in [1.54, 1.807) is 0 Å². The largest absolute Gasteiger partial charge is 0.478 e. The van der Waals surface area contributed by atoms with Gasteiger partial charge in [0.2, 0.25) is 0 Å². The molecule has 11 heavy (non-hydrogen) atoms. The Hall–Kier alpha value is 2.47. The van der Waals surface area contributed by atoms with Gasteiger partial charge < -0.3 is 19.6 Å². The third-order valence-electron chi connectivity index (χ3n) is 0.213. The average molecular weight is 356 g/mol. The fourth-order valence-corrected chi connectivity index (χ4v) is 1.25. The van der Waals surface area contributed by atoms with E-state index >= 15 is 0 Å². The molecule has 4 N–H and O–H groups in total. The van der Waals surface area contributed by atoms with Crippen LogP contribution in [0.15, 0.2) is 0 Å². The number of rotatable bonds is 2.